The van der Waals surface area contributed by atoms with Crippen LogP contribution in [0.15, 0.2) is 0 Å². The molecule has 4 aliphatic heterocycles. The summed E-state index contributed by atoms with van der Waals surface area (Å²) in [5.41, 5.74) is 0. The van der Waals surface area contributed by atoms with Gasteiger partial charge in [0.1, 0.15) is 0 Å². The molecule has 4 aliphatic rings. The Balaban J connectivity index is 0.000000154. The molecular formula is C17H34OS5. The Hall–Kier alpha value is 1.71. The normalized spacial score (nSPS) is 24.0. The summed E-state index contributed by atoms with van der Waals surface area (Å²) in [6.45, 7) is 1.93. The molecule has 23 heavy (non-hydrogen) atoms. The van der Waals surface area contributed by atoms with Crippen LogP contribution in [-0.4, -0.2) is 70.7 Å². The Morgan fingerprint density at radius 1 is 0.348 bits per heavy atom. The smallest absolute Gasteiger partial charge is 0.0557 e. The molecule has 0 amide bonds. The summed E-state index contributed by atoms with van der Waals surface area (Å²) in [6, 6.07) is 0. The van der Waals surface area contributed by atoms with Crippen molar-refractivity contribution in [1.82, 2.24) is 0 Å². The molecule has 0 aliphatic carbocycles. The van der Waals surface area contributed by atoms with E-state index >= 15 is 0 Å². The van der Waals surface area contributed by atoms with Crippen LogP contribution in [0.25, 0.3) is 0 Å². The molecule has 4 saturated heterocycles. The fourth-order valence-corrected chi connectivity index (χ4v) is 7.09. The summed E-state index contributed by atoms with van der Waals surface area (Å²) >= 11 is 10.3. The maximum absolute atomic E-state index is 5.05. The third-order valence-electron chi connectivity index (χ3n) is 3.39. The van der Waals surface area contributed by atoms with Crippen LogP contribution in [0.2, 0.25) is 0 Å². The van der Waals surface area contributed by atoms with Gasteiger partial charge in [0.2, 0.25) is 0 Å². The van der Waals surface area contributed by atoms with E-state index in [2.05, 4.69) is 47.0 Å². The van der Waals surface area contributed by atoms with Crippen LogP contribution in [-0.2, 0) is 4.74 Å². The zero-order valence-corrected chi connectivity index (χ0v) is 18.6. The Morgan fingerprint density at radius 2 is 0.696 bits per heavy atom. The Bertz CT molecular complexity index is 144. The molecule has 0 N–H and O–H groups in total. The molecule has 0 saturated carbocycles. The number of rotatable bonds is 0. The molecule has 4 fully saturated rings. The average Bonchev–Trinajstić information content (AvgIpc) is 3.27. The van der Waals surface area contributed by atoms with Crippen molar-refractivity contribution in [2.45, 2.75) is 32.1 Å². The first-order valence-electron chi connectivity index (χ1n) is 8.96. The topological polar surface area (TPSA) is 9.23 Å². The van der Waals surface area contributed by atoms with Gasteiger partial charge in [0.15, 0.2) is 0 Å². The van der Waals surface area contributed by atoms with Crippen LogP contribution in [0, 0.1) is 0 Å². The first-order valence-corrected chi connectivity index (χ1v) is 14.7. The zero-order valence-electron chi connectivity index (χ0n) is 14.5. The summed E-state index contributed by atoms with van der Waals surface area (Å²) in [4.78, 5) is 0. The summed E-state index contributed by atoms with van der Waals surface area (Å²) < 4.78 is 5.05. The van der Waals surface area contributed by atoms with Gasteiger partial charge in [-0.05, 0) is 48.7 Å². The number of hydrogen-bond acceptors (Lipinski definition) is 6. The lowest BCUT2D eigenvalue weighted by molar-refractivity contribution is 0.161. The van der Waals surface area contributed by atoms with Gasteiger partial charge >= 0.3 is 0 Å². The molecule has 0 aromatic rings. The van der Waals surface area contributed by atoms with Crippen molar-refractivity contribution in [3.63, 3.8) is 0 Å². The number of hydrogen-bond donors (Lipinski definition) is 0. The quantitative estimate of drug-likeness (QED) is 0.504. The Morgan fingerprint density at radius 3 is 0.870 bits per heavy atom. The first-order chi connectivity index (χ1) is 11.5. The second-order valence-electron chi connectivity index (χ2n) is 5.44. The van der Waals surface area contributed by atoms with Gasteiger partial charge in [0.05, 0.1) is 13.2 Å². The fraction of sp³-hybridized carbons (Fsp3) is 1.00. The van der Waals surface area contributed by atoms with Crippen molar-refractivity contribution in [1.29, 1.82) is 0 Å². The highest BCUT2D eigenvalue weighted by atomic mass is 32.2. The van der Waals surface area contributed by atoms with Crippen LogP contribution in [0.3, 0.4) is 0 Å². The number of thioether (sulfide) groups is 5. The van der Waals surface area contributed by atoms with Crippen molar-refractivity contribution in [3.8, 4) is 0 Å². The number of ether oxygens (including phenoxy) is 1. The molecule has 1 nitrogen and oxygen atoms in total. The SMILES string of the molecule is C1CCSC1.C1CCSCC1.C1CSCCO1.C1CSCCS1. The fourth-order valence-electron chi connectivity index (χ4n) is 2.08. The highest BCUT2D eigenvalue weighted by molar-refractivity contribution is 8.06. The summed E-state index contributed by atoms with van der Waals surface area (Å²) in [7, 11) is 0. The van der Waals surface area contributed by atoms with Gasteiger partial charge in [-0.15, -0.1) is 0 Å². The maximum Gasteiger partial charge on any atom is 0.0557 e. The van der Waals surface area contributed by atoms with Crippen LogP contribution in [0.1, 0.15) is 32.1 Å². The van der Waals surface area contributed by atoms with Crippen molar-refractivity contribution >= 4 is 58.8 Å². The molecule has 4 rings (SSSR count). The highest BCUT2D eigenvalue weighted by Gasteiger charge is 1.97. The van der Waals surface area contributed by atoms with E-state index in [-0.39, 0.29) is 0 Å². The van der Waals surface area contributed by atoms with Gasteiger partial charge in [0.25, 0.3) is 0 Å². The lowest BCUT2D eigenvalue weighted by Crippen LogP contribution is -2.08. The van der Waals surface area contributed by atoms with Gasteiger partial charge in [-0.3, -0.25) is 0 Å². The molecule has 0 unspecified atom stereocenters. The second kappa shape index (κ2) is 20.0. The van der Waals surface area contributed by atoms with Crippen LogP contribution in [0.5, 0.6) is 0 Å². The second-order valence-corrected chi connectivity index (χ2v) is 11.6. The van der Waals surface area contributed by atoms with Gasteiger partial charge in [-0.1, -0.05) is 6.42 Å². The molecule has 0 spiro atoms. The Labute approximate surface area is 165 Å². The maximum atomic E-state index is 5.05. The predicted octanol–water partition coefficient (Wildman–Crippen LogP) is 5.63. The minimum atomic E-state index is 0.963. The Kier molecular flexibility index (Phi) is 19.8. The summed E-state index contributed by atoms with van der Waals surface area (Å²) in [5.74, 6) is 13.6. The predicted molar refractivity (Wildman–Crippen MR) is 121 cm³/mol. The van der Waals surface area contributed by atoms with E-state index in [0.29, 0.717) is 0 Å². The average molecular weight is 415 g/mol. The monoisotopic (exact) mass is 414 g/mol. The standard InChI is InChI=1S/C5H10S.C4H8OS.C4H8S2.C4H8S/c1-2-4-6-5-3-1;1-3-6-4-2-5-1;1-2-6-4-3-5-1;1-2-4-5-3-1/h1-5H2;2*1-4H2;1-4H2. The summed E-state index contributed by atoms with van der Waals surface area (Å²) in [6.07, 6.45) is 7.33. The van der Waals surface area contributed by atoms with E-state index in [4.69, 9.17) is 4.74 Å². The van der Waals surface area contributed by atoms with Crippen molar-refractivity contribution < 1.29 is 4.74 Å². The van der Waals surface area contributed by atoms with Crippen LogP contribution in [0.4, 0.5) is 0 Å². The van der Waals surface area contributed by atoms with E-state index in [1.807, 2.05) is 11.8 Å². The molecule has 6 heteroatoms. The lowest BCUT2D eigenvalue weighted by Gasteiger charge is -2.07. The van der Waals surface area contributed by atoms with E-state index in [9.17, 15) is 0 Å². The molecular weight excluding hydrogens is 381 g/mol. The van der Waals surface area contributed by atoms with E-state index in [1.165, 1.54) is 89.6 Å². The third kappa shape index (κ3) is 18.3. The van der Waals surface area contributed by atoms with Gasteiger partial charge in [-0.2, -0.15) is 58.8 Å². The molecule has 0 bridgehead atoms. The van der Waals surface area contributed by atoms with Crippen LogP contribution >= 0.6 is 58.8 Å². The van der Waals surface area contributed by atoms with Crippen molar-refractivity contribution in [3.05, 3.63) is 0 Å². The van der Waals surface area contributed by atoms with E-state index in [1.54, 1.807) is 0 Å². The molecule has 0 radical (unpaired) electrons. The van der Waals surface area contributed by atoms with E-state index in [0.717, 1.165) is 13.2 Å². The first kappa shape index (κ1) is 22.8. The molecule has 0 aromatic carbocycles. The molecule has 0 atom stereocenters. The summed E-state index contributed by atoms with van der Waals surface area (Å²) in [5, 5.41) is 0. The molecule has 4 heterocycles. The van der Waals surface area contributed by atoms with Crippen LogP contribution < -0.4 is 0 Å². The largest absolute Gasteiger partial charge is 0.380 e. The minimum absolute atomic E-state index is 0.963. The zero-order chi connectivity index (χ0) is 16.3. The van der Waals surface area contributed by atoms with Crippen molar-refractivity contribution in [2.75, 3.05) is 70.7 Å². The van der Waals surface area contributed by atoms with Crippen molar-refractivity contribution in [2.24, 2.45) is 0 Å². The molecule has 138 valence electrons. The van der Waals surface area contributed by atoms with E-state index < -0.39 is 0 Å². The minimum Gasteiger partial charge on any atom is -0.380 e. The van der Waals surface area contributed by atoms with Gasteiger partial charge in [0, 0.05) is 34.5 Å². The molecule has 0 aromatic heterocycles. The van der Waals surface area contributed by atoms with Gasteiger partial charge < -0.3 is 4.74 Å². The highest BCUT2D eigenvalue weighted by Crippen LogP contribution is 2.15. The lowest BCUT2D eigenvalue weighted by atomic mass is 10.3. The van der Waals surface area contributed by atoms with Gasteiger partial charge in [-0.25, -0.2) is 0 Å². The third-order valence-corrected chi connectivity index (χ3v) is 9.10.